The quantitative estimate of drug-likeness (QED) is 0.642. The second-order valence-electron chi connectivity index (χ2n) is 4.97. The smallest absolute Gasteiger partial charge is 0.275 e. The number of aromatic nitrogens is 2. The van der Waals surface area contributed by atoms with Crippen molar-refractivity contribution in [2.75, 3.05) is 16.9 Å². The molecular formula is C15H13ClN4O3S. The maximum atomic E-state index is 12.4. The number of nitrogens with zero attached hydrogens (tertiary/aromatic N) is 2. The van der Waals surface area contributed by atoms with Gasteiger partial charge >= 0.3 is 0 Å². The zero-order chi connectivity index (χ0) is 17.3. The Labute approximate surface area is 147 Å². The van der Waals surface area contributed by atoms with Gasteiger partial charge in [-0.15, -0.1) is 0 Å². The average molecular weight is 365 g/mol. The lowest BCUT2D eigenvalue weighted by Crippen LogP contribution is -2.34. The number of halogens is 1. The summed E-state index contributed by atoms with van der Waals surface area (Å²) in [5.41, 5.74) is 1.06. The highest BCUT2D eigenvalue weighted by Gasteiger charge is 2.24. The largest absolute Gasteiger partial charge is 0.479 e. The maximum Gasteiger partial charge on any atom is 0.275 e. The molecule has 0 fully saturated rings. The van der Waals surface area contributed by atoms with Crippen molar-refractivity contribution >= 4 is 46.6 Å². The first kappa shape index (κ1) is 16.5. The molecule has 1 aliphatic rings. The van der Waals surface area contributed by atoms with Gasteiger partial charge < -0.3 is 15.4 Å². The van der Waals surface area contributed by atoms with Crippen LogP contribution < -0.4 is 15.4 Å². The monoisotopic (exact) mass is 364 g/mol. The molecule has 1 atom stereocenters. The molecule has 0 saturated carbocycles. The van der Waals surface area contributed by atoms with Crippen LogP contribution in [0.5, 0.6) is 5.75 Å². The second-order valence-corrected chi connectivity index (χ2v) is 6.15. The zero-order valence-electron chi connectivity index (χ0n) is 12.8. The van der Waals surface area contributed by atoms with Gasteiger partial charge in [-0.3, -0.25) is 9.59 Å². The molecule has 2 heterocycles. The van der Waals surface area contributed by atoms with Gasteiger partial charge in [-0.05, 0) is 31.4 Å². The Hall–Kier alpha value is -2.32. The molecule has 1 aliphatic heterocycles. The second kappa shape index (κ2) is 6.66. The number of thioether (sulfide) groups is 1. The molecule has 9 heteroatoms. The SMILES string of the molecule is CSc1ncc(Cl)c(C(=O)Nc2ccc3c(c2)NC(=O)[C@@H](C)O3)n1. The van der Waals surface area contributed by atoms with E-state index in [1.807, 2.05) is 0 Å². The number of rotatable bonds is 3. The lowest BCUT2D eigenvalue weighted by Gasteiger charge is -2.23. The van der Waals surface area contributed by atoms with Crippen LogP contribution in [0.2, 0.25) is 5.02 Å². The number of fused-ring (bicyclic) bond motifs is 1. The highest BCUT2D eigenvalue weighted by molar-refractivity contribution is 7.98. The molecule has 1 aromatic heterocycles. The molecule has 3 rings (SSSR count). The Morgan fingerprint density at radius 2 is 2.25 bits per heavy atom. The predicted octanol–water partition coefficient (Wildman–Crippen LogP) is 2.82. The van der Waals surface area contributed by atoms with Crippen molar-refractivity contribution in [3.63, 3.8) is 0 Å². The van der Waals surface area contributed by atoms with Gasteiger partial charge in [-0.2, -0.15) is 0 Å². The molecular weight excluding hydrogens is 352 g/mol. The van der Waals surface area contributed by atoms with Gasteiger partial charge in [0.25, 0.3) is 11.8 Å². The number of amides is 2. The van der Waals surface area contributed by atoms with Crippen LogP contribution in [-0.2, 0) is 4.79 Å². The van der Waals surface area contributed by atoms with E-state index in [1.165, 1.54) is 18.0 Å². The summed E-state index contributed by atoms with van der Waals surface area (Å²) in [5.74, 6) is -0.159. The third kappa shape index (κ3) is 3.29. The van der Waals surface area contributed by atoms with Gasteiger partial charge in [0.2, 0.25) is 0 Å². The van der Waals surface area contributed by atoms with Crippen molar-refractivity contribution in [1.82, 2.24) is 9.97 Å². The van der Waals surface area contributed by atoms with Gasteiger partial charge in [-0.25, -0.2) is 9.97 Å². The van der Waals surface area contributed by atoms with E-state index in [2.05, 4.69) is 20.6 Å². The number of nitrogens with one attached hydrogen (secondary N) is 2. The maximum absolute atomic E-state index is 12.4. The van der Waals surface area contributed by atoms with E-state index in [0.717, 1.165) is 0 Å². The number of anilines is 2. The fourth-order valence-corrected chi connectivity index (χ4v) is 2.60. The summed E-state index contributed by atoms with van der Waals surface area (Å²) in [5, 5.41) is 6.03. The Morgan fingerprint density at radius 1 is 1.46 bits per heavy atom. The molecule has 0 saturated heterocycles. The summed E-state index contributed by atoms with van der Waals surface area (Å²) in [6.07, 6.45) is 2.64. The third-order valence-electron chi connectivity index (χ3n) is 3.29. The van der Waals surface area contributed by atoms with E-state index >= 15 is 0 Å². The van der Waals surface area contributed by atoms with Gasteiger partial charge in [-0.1, -0.05) is 23.4 Å². The number of ether oxygens (including phenoxy) is 1. The van der Waals surface area contributed by atoms with Crippen LogP contribution in [0.25, 0.3) is 0 Å². The summed E-state index contributed by atoms with van der Waals surface area (Å²) in [6, 6.07) is 4.96. The first-order chi connectivity index (χ1) is 11.5. The van der Waals surface area contributed by atoms with Crippen LogP contribution in [0.4, 0.5) is 11.4 Å². The zero-order valence-corrected chi connectivity index (χ0v) is 14.4. The van der Waals surface area contributed by atoms with Crippen LogP contribution in [0.15, 0.2) is 29.6 Å². The number of carbonyl (C=O) groups excluding carboxylic acids is 2. The summed E-state index contributed by atoms with van der Waals surface area (Å²) in [7, 11) is 0. The van der Waals surface area contributed by atoms with E-state index in [9.17, 15) is 9.59 Å². The Balaban J connectivity index is 1.83. The van der Waals surface area contributed by atoms with Crippen LogP contribution in [0, 0.1) is 0 Å². The summed E-state index contributed by atoms with van der Waals surface area (Å²) in [6.45, 7) is 1.66. The number of carbonyl (C=O) groups is 2. The minimum Gasteiger partial charge on any atom is -0.479 e. The van der Waals surface area contributed by atoms with E-state index in [1.54, 1.807) is 31.4 Å². The van der Waals surface area contributed by atoms with Gasteiger partial charge in [0.05, 0.1) is 16.9 Å². The van der Waals surface area contributed by atoms with Crippen molar-refractivity contribution in [2.24, 2.45) is 0 Å². The topological polar surface area (TPSA) is 93.2 Å². The van der Waals surface area contributed by atoms with Gasteiger partial charge in [0.1, 0.15) is 5.75 Å². The van der Waals surface area contributed by atoms with Crippen LogP contribution >= 0.6 is 23.4 Å². The highest BCUT2D eigenvalue weighted by Crippen LogP contribution is 2.32. The summed E-state index contributed by atoms with van der Waals surface area (Å²) >= 11 is 7.30. The first-order valence-corrected chi connectivity index (χ1v) is 8.57. The normalized spacial score (nSPS) is 16.0. The molecule has 24 heavy (non-hydrogen) atoms. The Kier molecular flexibility index (Phi) is 4.59. The lowest BCUT2D eigenvalue weighted by atomic mass is 10.2. The van der Waals surface area contributed by atoms with E-state index in [0.29, 0.717) is 22.3 Å². The molecule has 2 N–H and O–H groups in total. The van der Waals surface area contributed by atoms with E-state index in [-0.39, 0.29) is 16.6 Å². The molecule has 0 bridgehead atoms. The predicted molar refractivity (Wildman–Crippen MR) is 91.9 cm³/mol. The summed E-state index contributed by atoms with van der Waals surface area (Å²) in [4.78, 5) is 32.1. The van der Waals surface area contributed by atoms with Crippen LogP contribution in [-0.4, -0.2) is 34.1 Å². The van der Waals surface area contributed by atoms with Crippen molar-refractivity contribution in [3.8, 4) is 5.75 Å². The number of hydrogen-bond donors (Lipinski definition) is 2. The molecule has 0 radical (unpaired) electrons. The van der Waals surface area contributed by atoms with E-state index in [4.69, 9.17) is 16.3 Å². The van der Waals surface area contributed by atoms with Crippen molar-refractivity contribution in [1.29, 1.82) is 0 Å². The minimum absolute atomic E-state index is 0.0858. The van der Waals surface area contributed by atoms with Crippen LogP contribution in [0.3, 0.4) is 0 Å². The van der Waals surface area contributed by atoms with Gasteiger partial charge in [0.15, 0.2) is 17.0 Å². The van der Waals surface area contributed by atoms with E-state index < -0.39 is 12.0 Å². The standard InChI is InChI=1S/C15H13ClN4O3S/c1-7-13(21)19-10-5-8(3-4-11(10)23-7)18-14(22)12-9(16)6-17-15(20-12)24-2/h3-7H,1-2H3,(H,18,22)(H,19,21)/t7-/m1/s1. The van der Waals surface area contributed by atoms with Crippen molar-refractivity contribution in [2.45, 2.75) is 18.2 Å². The molecule has 0 unspecified atom stereocenters. The fourth-order valence-electron chi connectivity index (χ4n) is 2.09. The highest BCUT2D eigenvalue weighted by atomic mass is 35.5. The number of hydrogen-bond acceptors (Lipinski definition) is 6. The molecule has 1 aromatic carbocycles. The molecule has 124 valence electrons. The number of benzene rings is 1. The average Bonchev–Trinajstić information content (AvgIpc) is 2.56. The van der Waals surface area contributed by atoms with Crippen molar-refractivity contribution in [3.05, 3.63) is 35.1 Å². The van der Waals surface area contributed by atoms with Gasteiger partial charge in [0, 0.05) is 5.69 Å². The lowest BCUT2D eigenvalue weighted by molar-refractivity contribution is -0.122. The molecule has 2 aromatic rings. The Bertz CT molecular complexity index is 830. The first-order valence-electron chi connectivity index (χ1n) is 6.97. The van der Waals surface area contributed by atoms with Crippen LogP contribution in [0.1, 0.15) is 17.4 Å². The molecule has 7 nitrogen and oxygen atoms in total. The minimum atomic E-state index is -0.553. The summed E-state index contributed by atoms with van der Waals surface area (Å²) < 4.78 is 5.47. The molecule has 0 spiro atoms. The molecule has 0 aliphatic carbocycles. The molecule has 2 amide bonds. The Morgan fingerprint density at radius 3 is 3.00 bits per heavy atom. The van der Waals surface area contributed by atoms with Crippen molar-refractivity contribution < 1.29 is 14.3 Å². The fraction of sp³-hybridized carbons (Fsp3) is 0.200. The third-order valence-corrected chi connectivity index (χ3v) is 4.13.